The topological polar surface area (TPSA) is 79.7 Å². The van der Waals surface area contributed by atoms with Crippen LogP contribution in [-0.2, 0) is 11.8 Å². The fourth-order valence-electron chi connectivity index (χ4n) is 4.89. The molecule has 0 amide bonds. The lowest BCUT2D eigenvalue weighted by atomic mass is 9.54. The summed E-state index contributed by atoms with van der Waals surface area (Å²) in [7, 11) is 0. The van der Waals surface area contributed by atoms with Crippen LogP contribution in [0.15, 0.2) is 36.7 Å². The van der Waals surface area contributed by atoms with Gasteiger partial charge in [-0.1, -0.05) is 19.4 Å². The molecule has 1 aromatic carbocycles. The molecule has 1 aromatic heterocycles. The maximum atomic E-state index is 11.1. The van der Waals surface area contributed by atoms with Crippen molar-refractivity contribution in [1.82, 2.24) is 4.98 Å². The zero-order valence-corrected chi connectivity index (χ0v) is 14.8. The van der Waals surface area contributed by atoms with Crippen molar-refractivity contribution in [3.05, 3.63) is 53.3 Å². The monoisotopic (exact) mass is 353 g/mol. The summed E-state index contributed by atoms with van der Waals surface area (Å²) in [4.78, 5) is 15.1. The minimum Gasteiger partial charge on any atom is -0.508 e. The maximum absolute atomic E-state index is 11.1. The number of hydrogen-bond donors (Lipinski definition) is 2. The third kappa shape index (κ3) is 2.81. The van der Waals surface area contributed by atoms with Crippen molar-refractivity contribution >= 4 is 5.97 Å². The quantitative estimate of drug-likeness (QED) is 0.874. The lowest BCUT2D eigenvalue weighted by molar-refractivity contribution is 0.0600. The minimum absolute atomic E-state index is 0.0346. The number of aromatic hydroxyl groups is 1. The molecule has 4 rings (SSSR count). The van der Waals surface area contributed by atoms with E-state index in [0.29, 0.717) is 29.9 Å². The van der Waals surface area contributed by atoms with Crippen molar-refractivity contribution in [3.8, 4) is 11.5 Å². The van der Waals surface area contributed by atoms with Crippen LogP contribution >= 0.6 is 0 Å². The summed E-state index contributed by atoms with van der Waals surface area (Å²) in [6, 6.07) is 7.27. The molecule has 0 saturated heterocycles. The third-order valence-electron chi connectivity index (χ3n) is 6.24. The van der Waals surface area contributed by atoms with Crippen LogP contribution in [0.1, 0.15) is 47.7 Å². The van der Waals surface area contributed by atoms with Crippen LogP contribution in [0.3, 0.4) is 0 Å². The highest BCUT2D eigenvalue weighted by Crippen LogP contribution is 2.53. The van der Waals surface area contributed by atoms with E-state index in [2.05, 4.69) is 18.0 Å². The number of carboxylic acid groups (broad SMARTS) is 1. The second-order valence-electron chi connectivity index (χ2n) is 7.75. The molecule has 1 saturated carbocycles. The summed E-state index contributed by atoms with van der Waals surface area (Å²) in [5.41, 5.74) is 2.67. The number of benzene rings is 1. The molecule has 5 nitrogen and oxygen atoms in total. The van der Waals surface area contributed by atoms with Gasteiger partial charge in [-0.15, -0.1) is 0 Å². The van der Waals surface area contributed by atoms with E-state index in [1.54, 1.807) is 12.3 Å². The van der Waals surface area contributed by atoms with E-state index in [4.69, 9.17) is 9.84 Å². The highest BCUT2D eigenvalue weighted by molar-refractivity contribution is 5.87. The van der Waals surface area contributed by atoms with Crippen LogP contribution in [0.5, 0.6) is 11.5 Å². The number of carboxylic acids is 1. The molecule has 1 heterocycles. The van der Waals surface area contributed by atoms with Crippen LogP contribution in [0.25, 0.3) is 0 Å². The van der Waals surface area contributed by atoms with Gasteiger partial charge in [0.25, 0.3) is 0 Å². The van der Waals surface area contributed by atoms with Crippen molar-refractivity contribution in [3.63, 3.8) is 0 Å². The van der Waals surface area contributed by atoms with E-state index in [-0.39, 0.29) is 11.0 Å². The Bertz CT molecular complexity index is 850. The molecule has 3 atom stereocenters. The first-order valence-corrected chi connectivity index (χ1v) is 9.11. The van der Waals surface area contributed by atoms with Crippen molar-refractivity contribution < 1.29 is 19.7 Å². The molecule has 0 radical (unpaired) electrons. The van der Waals surface area contributed by atoms with E-state index < -0.39 is 5.97 Å². The first-order valence-electron chi connectivity index (χ1n) is 9.11. The smallest absolute Gasteiger partial charge is 0.337 e. The molecule has 2 aliphatic carbocycles. The zero-order valence-electron chi connectivity index (χ0n) is 14.8. The molecular weight excluding hydrogens is 330 g/mol. The van der Waals surface area contributed by atoms with Gasteiger partial charge in [0.2, 0.25) is 0 Å². The minimum atomic E-state index is -1.01. The van der Waals surface area contributed by atoms with Crippen molar-refractivity contribution in [2.24, 2.45) is 11.8 Å². The van der Waals surface area contributed by atoms with E-state index in [0.717, 1.165) is 12.8 Å². The van der Waals surface area contributed by atoms with E-state index >= 15 is 0 Å². The number of phenolic OH excluding ortho intramolecular Hbond substituents is 1. The summed E-state index contributed by atoms with van der Waals surface area (Å²) >= 11 is 0. The van der Waals surface area contributed by atoms with E-state index in [1.807, 2.05) is 6.07 Å². The second-order valence-corrected chi connectivity index (χ2v) is 7.75. The number of pyridine rings is 1. The lowest BCUT2D eigenvalue weighted by Gasteiger charge is -2.51. The molecule has 2 aromatic rings. The van der Waals surface area contributed by atoms with Crippen LogP contribution in [0.4, 0.5) is 0 Å². The van der Waals surface area contributed by atoms with Crippen LogP contribution < -0.4 is 4.74 Å². The molecule has 0 aliphatic heterocycles. The predicted octanol–water partition coefficient (Wildman–Crippen LogP) is 3.79. The standard InChI is InChI=1S/C21H23NO4/c1-21-6-2-3-13(7-14-4-5-16(23)9-18(14)21)19(21)12-26-17-8-15(20(24)25)10-22-11-17/h4-5,8-11,13,19,23H,2-3,6-7,12H2,1H3,(H,24,25)/t13?,19?,21-/m1/s1. The molecule has 26 heavy (non-hydrogen) atoms. The van der Waals surface area contributed by atoms with Crippen molar-refractivity contribution in [2.75, 3.05) is 6.61 Å². The van der Waals surface area contributed by atoms with Gasteiger partial charge in [-0.2, -0.15) is 0 Å². The maximum Gasteiger partial charge on any atom is 0.337 e. The Morgan fingerprint density at radius 2 is 2.19 bits per heavy atom. The average Bonchev–Trinajstić information content (AvgIpc) is 2.62. The molecule has 2 bridgehead atoms. The van der Waals surface area contributed by atoms with Gasteiger partial charge < -0.3 is 14.9 Å². The number of phenols is 1. The predicted molar refractivity (Wildman–Crippen MR) is 96.7 cm³/mol. The van der Waals surface area contributed by atoms with Gasteiger partial charge in [0.1, 0.15) is 11.5 Å². The Kier molecular flexibility index (Phi) is 4.10. The van der Waals surface area contributed by atoms with Crippen molar-refractivity contribution in [2.45, 2.75) is 38.0 Å². The number of fused-ring (bicyclic) bond motifs is 4. The van der Waals surface area contributed by atoms with Crippen molar-refractivity contribution in [1.29, 1.82) is 0 Å². The van der Waals surface area contributed by atoms with Gasteiger partial charge in [0.05, 0.1) is 18.4 Å². The molecule has 5 heteroatoms. The Balaban J connectivity index is 1.60. The number of nitrogens with zero attached hydrogens (tertiary/aromatic N) is 1. The van der Waals surface area contributed by atoms with Gasteiger partial charge in [0, 0.05) is 12.1 Å². The molecule has 136 valence electrons. The molecule has 0 spiro atoms. The summed E-state index contributed by atoms with van der Waals surface area (Å²) in [6.45, 7) is 2.80. The summed E-state index contributed by atoms with van der Waals surface area (Å²) in [5, 5.41) is 19.1. The SMILES string of the molecule is C[C@@]12CCCC(Cc3ccc(O)cc31)C2COc1cncc(C(=O)O)c1. The Hall–Kier alpha value is -2.56. The zero-order chi connectivity index (χ0) is 18.3. The van der Waals surface area contributed by atoms with Gasteiger partial charge in [-0.05, 0) is 59.9 Å². The number of rotatable bonds is 4. The first kappa shape index (κ1) is 16.9. The summed E-state index contributed by atoms with van der Waals surface area (Å²) in [6.07, 6.45) is 7.33. The van der Waals surface area contributed by atoms with Crippen LogP contribution in [0.2, 0.25) is 0 Å². The molecule has 2 aliphatic rings. The third-order valence-corrected chi connectivity index (χ3v) is 6.24. The van der Waals surface area contributed by atoms with Gasteiger partial charge in [-0.3, -0.25) is 4.98 Å². The first-order chi connectivity index (χ1) is 12.5. The normalized spacial score (nSPS) is 26.8. The van der Waals surface area contributed by atoms with Crippen LogP contribution in [0, 0.1) is 11.8 Å². The van der Waals surface area contributed by atoms with E-state index in [9.17, 15) is 9.90 Å². The average molecular weight is 353 g/mol. The molecular formula is C21H23NO4. The summed E-state index contributed by atoms with van der Waals surface area (Å²) in [5.74, 6) is 0.676. The number of hydrogen-bond acceptors (Lipinski definition) is 4. The fourth-order valence-corrected chi connectivity index (χ4v) is 4.89. The van der Waals surface area contributed by atoms with Gasteiger partial charge in [-0.25, -0.2) is 4.79 Å². The molecule has 1 fully saturated rings. The van der Waals surface area contributed by atoms with E-state index in [1.165, 1.54) is 36.2 Å². The largest absolute Gasteiger partial charge is 0.508 e. The summed E-state index contributed by atoms with van der Waals surface area (Å²) < 4.78 is 5.99. The lowest BCUT2D eigenvalue weighted by Crippen LogP contribution is -2.48. The van der Waals surface area contributed by atoms with Gasteiger partial charge >= 0.3 is 5.97 Å². The molecule has 2 N–H and O–H groups in total. The number of aromatic carboxylic acids is 1. The molecule has 2 unspecified atom stereocenters. The fraction of sp³-hybridized carbons (Fsp3) is 0.429. The highest BCUT2D eigenvalue weighted by atomic mass is 16.5. The Morgan fingerprint density at radius 3 is 3.00 bits per heavy atom. The second kappa shape index (κ2) is 6.31. The van der Waals surface area contributed by atoms with Gasteiger partial charge in [0.15, 0.2) is 0 Å². The number of carbonyl (C=O) groups is 1. The number of ether oxygens (including phenoxy) is 1. The Morgan fingerprint density at radius 1 is 1.35 bits per heavy atom. The highest BCUT2D eigenvalue weighted by Gasteiger charge is 2.48. The van der Waals surface area contributed by atoms with Crippen LogP contribution in [-0.4, -0.2) is 27.8 Å². The number of aromatic nitrogens is 1. The Labute approximate surface area is 152 Å².